The minimum Gasteiger partial charge on any atom is -0.453 e. The Morgan fingerprint density at radius 3 is 2.26 bits per heavy atom. The van der Waals surface area contributed by atoms with Crippen LogP contribution < -0.4 is 9.46 Å². The molecule has 0 radical (unpaired) electrons. The van der Waals surface area contributed by atoms with Crippen LogP contribution in [0.25, 0.3) is 0 Å². The molecule has 5 nitrogen and oxygen atoms in total. The maximum atomic E-state index is 14.0. The molecule has 0 aliphatic heterocycles. The lowest BCUT2D eigenvalue weighted by Gasteiger charge is -2.13. The SMILES string of the molecule is CS(=O)(=O)NC(=O)c1cc(Oc2c(F)cc(C(F)(F)F)cc2Cl)ccc1Cl. The van der Waals surface area contributed by atoms with Crippen molar-refractivity contribution < 1.29 is 35.5 Å². The van der Waals surface area contributed by atoms with Crippen LogP contribution in [0.15, 0.2) is 30.3 Å². The Morgan fingerprint density at radius 1 is 1.11 bits per heavy atom. The van der Waals surface area contributed by atoms with Crippen molar-refractivity contribution >= 4 is 39.1 Å². The summed E-state index contributed by atoms with van der Waals surface area (Å²) in [5.74, 6) is -3.38. The van der Waals surface area contributed by atoms with E-state index in [1.54, 1.807) is 4.72 Å². The number of rotatable bonds is 4. The molecule has 2 aromatic carbocycles. The van der Waals surface area contributed by atoms with E-state index in [-0.39, 0.29) is 22.4 Å². The fourth-order valence-corrected chi connectivity index (χ4v) is 2.80. The van der Waals surface area contributed by atoms with Crippen LogP contribution in [-0.2, 0) is 16.2 Å². The maximum Gasteiger partial charge on any atom is 0.416 e. The highest BCUT2D eigenvalue weighted by atomic mass is 35.5. The van der Waals surface area contributed by atoms with Gasteiger partial charge < -0.3 is 4.74 Å². The molecule has 0 aromatic heterocycles. The molecule has 0 saturated heterocycles. The number of alkyl halides is 3. The van der Waals surface area contributed by atoms with Gasteiger partial charge in [0, 0.05) is 0 Å². The molecule has 0 heterocycles. The van der Waals surface area contributed by atoms with Crippen LogP contribution >= 0.6 is 23.2 Å². The zero-order valence-corrected chi connectivity index (χ0v) is 15.5. The first-order chi connectivity index (χ1) is 12.3. The first kappa shape index (κ1) is 21.3. The summed E-state index contributed by atoms with van der Waals surface area (Å²) in [4.78, 5) is 11.9. The van der Waals surface area contributed by atoms with Crippen LogP contribution in [0.1, 0.15) is 15.9 Å². The second kappa shape index (κ2) is 7.53. The largest absolute Gasteiger partial charge is 0.453 e. The van der Waals surface area contributed by atoms with Crippen molar-refractivity contribution in [2.45, 2.75) is 6.18 Å². The standard InChI is InChI=1S/C15H9Cl2F4NO4S/c1-27(24,25)22-14(23)9-6-8(2-3-10(9)16)26-13-11(17)4-7(5-12(13)18)15(19,20)21/h2-6H,1H3,(H,22,23). The van der Waals surface area contributed by atoms with Crippen molar-refractivity contribution in [3.05, 3.63) is 57.3 Å². The van der Waals surface area contributed by atoms with Gasteiger partial charge in [-0.15, -0.1) is 0 Å². The first-order valence-electron chi connectivity index (χ1n) is 6.83. The minimum absolute atomic E-state index is 0.137. The lowest BCUT2D eigenvalue weighted by molar-refractivity contribution is -0.137. The van der Waals surface area contributed by atoms with Gasteiger partial charge in [-0.2, -0.15) is 13.2 Å². The van der Waals surface area contributed by atoms with Crippen LogP contribution in [0, 0.1) is 5.82 Å². The molecule has 0 bridgehead atoms. The number of hydrogen-bond donors (Lipinski definition) is 1. The number of carbonyl (C=O) groups is 1. The Bertz CT molecular complexity index is 986. The molecular formula is C15H9Cl2F4NO4S. The van der Waals surface area contributed by atoms with Crippen LogP contribution in [0.3, 0.4) is 0 Å². The Morgan fingerprint density at radius 2 is 1.74 bits per heavy atom. The van der Waals surface area contributed by atoms with Gasteiger partial charge in [-0.25, -0.2) is 17.5 Å². The Kier molecular flexibility index (Phi) is 5.93. The van der Waals surface area contributed by atoms with Crippen molar-refractivity contribution in [2.75, 3.05) is 6.26 Å². The second-order valence-electron chi connectivity index (χ2n) is 5.21. The second-order valence-corrected chi connectivity index (χ2v) is 7.78. The summed E-state index contributed by atoms with van der Waals surface area (Å²) in [6.45, 7) is 0. The van der Waals surface area contributed by atoms with E-state index in [2.05, 4.69) is 0 Å². The fraction of sp³-hybridized carbons (Fsp3) is 0.133. The van der Waals surface area contributed by atoms with Crippen LogP contribution in [0.5, 0.6) is 11.5 Å². The number of nitrogens with one attached hydrogen (secondary N) is 1. The van der Waals surface area contributed by atoms with Crippen molar-refractivity contribution in [1.29, 1.82) is 0 Å². The van der Waals surface area contributed by atoms with Gasteiger partial charge in [-0.05, 0) is 30.3 Å². The first-order valence-corrected chi connectivity index (χ1v) is 9.48. The van der Waals surface area contributed by atoms with E-state index in [0.717, 1.165) is 18.4 Å². The van der Waals surface area contributed by atoms with E-state index in [1.165, 1.54) is 6.07 Å². The zero-order valence-electron chi connectivity index (χ0n) is 13.2. The predicted octanol–water partition coefficient (Wildman–Crippen LogP) is 4.63. The van der Waals surface area contributed by atoms with Gasteiger partial charge >= 0.3 is 6.18 Å². The van der Waals surface area contributed by atoms with E-state index in [1.807, 2.05) is 0 Å². The molecule has 0 unspecified atom stereocenters. The lowest BCUT2D eigenvalue weighted by Crippen LogP contribution is -2.29. The molecule has 12 heteroatoms. The number of hydrogen-bond acceptors (Lipinski definition) is 4. The number of amides is 1. The van der Waals surface area contributed by atoms with Gasteiger partial charge in [0.05, 0.1) is 27.4 Å². The van der Waals surface area contributed by atoms with Gasteiger partial charge in [-0.3, -0.25) is 4.79 Å². The molecule has 1 amide bonds. The quantitative estimate of drug-likeness (QED) is 0.696. The normalized spacial score (nSPS) is 12.0. The van der Waals surface area contributed by atoms with Crippen molar-refractivity contribution in [2.24, 2.45) is 0 Å². The number of ether oxygens (including phenoxy) is 1. The molecule has 0 atom stereocenters. The molecule has 2 rings (SSSR count). The lowest BCUT2D eigenvalue weighted by atomic mass is 10.2. The van der Waals surface area contributed by atoms with Crippen molar-refractivity contribution in [3.63, 3.8) is 0 Å². The Labute approximate surface area is 160 Å². The topological polar surface area (TPSA) is 72.5 Å². The Hall–Kier alpha value is -2.04. The van der Waals surface area contributed by atoms with Crippen LogP contribution in [0.2, 0.25) is 10.0 Å². The third kappa shape index (κ3) is 5.47. The molecule has 2 aromatic rings. The van der Waals surface area contributed by atoms with Gasteiger partial charge in [0.15, 0.2) is 11.6 Å². The number of sulfonamides is 1. The molecule has 0 spiro atoms. The number of halogens is 6. The molecule has 146 valence electrons. The minimum atomic E-state index is -4.81. The molecule has 0 saturated carbocycles. The summed E-state index contributed by atoms with van der Waals surface area (Å²) < 4.78 is 81.0. The molecular weight excluding hydrogens is 437 g/mol. The third-order valence-electron chi connectivity index (χ3n) is 3.01. The smallest absolute Gasteiger partial charge is 0.416 e. The fourth-order valence-electron chi connectivity index (χ4n) is 1.90. The van der Waals surface area contributed by atoms with E-state index in [4.69, 9.17) is 27.9 Å². The summed E-state index contributed by atoms with van der Waals surface area (Å²) in [7, 11) is -3.88. The molecule has 27 heavy (non-hydrogen) atoms. The van der Waals surface area contributed by atoms with E-state index < -0.39 is 44.3 Å². The van der Waals surface area contributed by atoms with Gasteiger partial charge in [0.25, 0.3) is 5.91 Å². The van der Waals surface area contributed by atoms with Crippen molar-refractivity contribution in [1.82, 2.24) is 4.72 Å². The number of carbonyl (C=O) groups excluding carboxylic acids is 1. The van der Waals surface area contributed by atoms with Crippen LogP contribution in [0.4, 0.5) is 17.6 Å². The Balaban J connectivity index is 2.39. The maximum absolute atomic E-state index is 14.0. The molecule has 0 fully saturated rings. The number of benzene rings is 2. The summed E-state index contributed by atoms with van der Waals surface area (Å²) in [5, 5.41) is -0.790. The molecule has 1 N–H and O–H groups in total. The van der Waals surface area contributed by atoms with Gasteiger partial charge in [0.2, 0.25) is 10.0 Å². The van der Waals surface area contributed by atoms with Gasteiger partial charge in [-0.1, -0.05) is 23.2 Å². The van der Waals surface area contributed by atoms with E-state index >= 15 is 0 Å². The summed E-state index contributed by atoms with van der Waals surface area (Å²) in [5.41, 5.74) is -1.62. The van der Waals surface area contributed by atoms with E-state index in [0.29, 0.717) is 6.07 Å². The monoisotopic (exact) mass is 445 g/mol. The summed E-state index contributed by atoms with van der Waals surface area (Å²) in [6.07, 6.45) is -4.06. The zero-order chi connectivity index (χ0) is 20.6. The summed E-state index contributed by atoms with van der Waals surface area (Å²) >= 11 is 11.5. The predicted molar refractivity (Wildman–Crippen MR) is 90.2 cm³/mol. The van der Waals surface area contributed by atoms with E-state index in [9.17, 15) is 30.8 Å². The highest BCUT2D eigenvalue weighted by molar-refractivity contribution is 7.89. The van der Waals surface area contributed by atoms with Crippen LogP contribution in [-0.4, -0.2) is 20.6 Å². The average Bonchev–Trinajstić information content (AvgIpc) is 2.49. The third-order valence-corrected chi connectivity index (χ3v) is 4.17. The highest BCUT2D eigenvalue weighted by Gasteiger charge is 2.32. The summed E-state index contributed by atoms with van der Waals surface area (Å²) in [6, 6.07) is 4.01. The highest BCUT2D eigenvalue weighted by Crippen LogP contribution is 2.39. The van der Waals surface area contributed by atoms with Crippen molar-refractivity contribution in [3.8, 4) is 11.5 Å². The molecule has 0 aliphatic rings. The molecule has 0 aliphatic carbocycles. The average molecular weight is 446 g/mol. The van der Waals surface area contributed by atoms with Gasteiger partial charge in [0.1, 0.15) is 5.75 Å².